The van der Waals surface area contributed by atoms with E-state index in [0.29, 0.717) is 12.2 Å². The maximum atomic E-state index is 12.9. The summed E-state index contributed by atoms with van der Waals surface area (Å²) in [5.74, 6) is -1.44. The molecule has 17 heavy (non-hydrogen) atoms. The van der Waals surface area contributed by atoms with Crippen LogP contribution in [0, 0.1) is 11.6 Å². The molecule has 1 aromatic heterocycles. The largest absolute Gasteiger partial charge is 0.417 e. The second-order valence-corrected chi connectivity index (χ2v) is 3.34. The number of halogens is 2. The van der Waals surface area contributed by atoms with Gasteiger partial charge in [0.1, 0.15) is 23.6 Å². The van der Waals surface area contributed by atoms with Crippen molar-refractivity contribution in [3.63, 3.8) is 0 Å². The fraction of sp³-hybridized carbons (Fsp3) is 0.182. The summed E-state index contributed by atoms with van der Waals surface area (Å²) in [6, 6.07) is 2.85. The Morgan fingerprint density at radius 2 is 2.00 bits per heavy atom. The molecule has 2 rings (SSSR count). The smallest absolute Gasteiger partial charge is 0.399 e. The summed E-state index contributed by atoms with van der Waals surface area (Å²) in [5, 5.41) is 2.88. The van der Waals surface area contributed by atoms with Crippen LogP contribution in [-0.2, 0) is 6.54 Å². The lowest BCUT2D eigenvalue weighted by atomic mass is 10.3. The van der Waals surface area contributed by atoms with Crippen molar-refractivity contribution in [2.75, 3.05) is 7.05 Å². The maximum absolute atomic E-state index is 12.9. The zero-order chi connectivity index (χ0) is 12.3. The van der Waals surface area contributed by atoms with Gasteiger partial charge in [-0.25, -0.2) is 8.78 Å². The molecule has 0 saturated heterocycles. The standard InChI is InChI=1S/C11H10F2N2O2/c1-14-5-9-6-16-11(15-9)17-10-3-7(12)2-8(13)4-10/h2-4,6,14H,5H2,1H3. The van der Waals surface area contributed by atoms with Gasteiger partial charge in [-0.15, -0.1) is 0 Å². The highest BCUT2D eigenvalue weighted by atomic mass is 19.1. The maximum Gasteiger partial charge on any atom is 0.399 e. The predicted octanol–water partition coefficient (Wildman–Crippen LogP) is 2.46. The Morgan fingerprint density at radius 3 is 2.65 bits per heavy atom. The van der Waals surface area contributed by atoms with Gasteiger partial charge in [0, 0.05) is 24.7 Å². The highest BCUT2D eigenvalue weighted by molar-refractivity contribution is 5.26. The molecule has 0 amide bonds. The lowest BCUT2D eigenvalue weighted by Gasteiger charge is -2.00. The SMILES string of the molecule is CNCc1coc(Oc2cc(F)cc(F)c2)n1. The van der Waals surface area contributed by atoms with E-state index in [0.717, 1.165) is 18.2 Å². The van der Waals surface area contributed by atoms with Gasteiger partial charge in [-0.05, 0) is 7.05 Å². The van der Waals surface area contributed by atoms with Crippen molar-refractivity contribution < 1.29 is 17.9 Å². The van der Waals surface area contributed by atoms with Gasteiger partial charge in [-0.3, -0.25) is 0 Å². The molecule has 0 radical (unpaired) electrons. The van der Waals surface area contributed by atoms with Gasteiger partial charge in [0.25, 0.3) is 0 Å². The van der Waals surface area contributed by atoms with Crippen LogP contribution in [-0.4, -0.2) is 12.0 Å². The molecule has 0 aliphatic rings. The topological polar surface area (TPSA) is 47.3 Å². The molecule has 1 heterocycles. The van der Waals surface area contributed by atoms with Crippen LogP contribution in [0.3, 0.4) is 0 Å². The molecule has 0 spiro atoms. The summed E-state index contributed by atoms with van der Waals surface area (Å²) < 4.78 is 35.8. The van der Waals surface area contributed by atoms with Gasteiger partial charge in [0.2, 0.25) is 0 Å². The summed E-state index contributed by atoms with van der Waals surface area (Å²) in [5.41, 5.74) is 0.638. The molecule has 0 aliphatic carbocycles. The van der Waals surface area contributed by atoms with E-state index in [1.807, 2.05) is 0 Å². The fourth-order valence-electron chi connectivity index (χ4n) is 1.29. The Labute approximate surface area is 96.2 Å². The quantitative estimate of drug-likeness (QED) is 0.891. The Morgan fingerprint density at radius 1 is 1.29 bits per heavy atom. The van der Waals surface area contributed by atoms with E-state index >= 15 is 0 Å². The number of oxazole rings is 1. The molecule has 0 bridgehead atoms. The first-order valence-electron chi connectivity index (χ1n) is 4.90. The first-order chi connectivity index (χ1) is 8.17. The molecule has 0 aliphatic heterocycles. The number of nitrogens with one attached hydrogen (secondary N) is 1. The number of hydrogen-bond donors (Lipinski definition) is 1. The number of aromatic nitrogens is 1. The minimum absolute atomic E-state index is 0.000331. The average Bonchev–Trinajstić information content (AvgIpc) is 2.64. The Balaban J connectivity index is 2.13. The van der Waals surface area contributed by atoms with E-state index in [4.69, 9.17) is 9.15 Å². The van der Waals surface area contributed by atoms with E-state index in [1.54, 1.807) is 7.05 Å². The minimum atomic E-state index is -0.720. The van der Waals surface area contributed by atoms with E-state index in [1.165, 1.54) is 6.26 Å². The van der Waals surface area contributed by atoms with Crippen molar-refractivity contribution in [1.29, 1.82) is 0 Å². The van der Waals surface area contributed by atoms with Crippen molar-refractivity contribution in [2.45, 2.75) is 6.54 Å². The monoisotopic (exact) mass is 240 g/mol. The van der Waals surface area contributed by atoms with E-state index in [9.17, 15) is 8.78 Å². The number of benzene rings is 1. The van der Waals surface area contributed by atoms with Crippen molar-refractivity contribution in [1.82, 2.24) is 10.3 Å². The third-order valence-electron chi connectivity index (χ3n) is 1.93. The lowest BCUT2D eigenvalue weighted by molar-refractivity contribution is 0.328. The summed E-state index contributed by atoms with van der Waals surface area (Å²) >= 11 is 0. The summed E-state index contributed by atoms with van der Waals surface area (Å²) in [7, 11) is 1.76. The third kappa shape index (κ3) is 3.01. The van der Waals surface area contributed by atoms with Crippen molar-refractivity contribution in [3.05, 3.63) is 41.8 Å². The van der Waals surface area contributed by atoms with Gasteiger partial charge in [-0.2, -0.15) is 4.98 Å². The van der Waals surface area contributed by atoms with Crippen LogP contribution in [0.25, 0.3) is 0 Å². The van der Waals surface area contributed by atoms with Crippen LogP contribution in [0.15, 0.2) is 28.9 Å². The van der Waals surface area contributed by atoms with Crippen LogP contribution in [0.2, 0.25) is 0 Å². The van der Waals surface area contributed by atoms with E-state index < -0.39 is 11.6 Å². The molecule has 2 aromatic rings. The summed E-state index contributed by atoms with van der Waals surface area (Å²) in [4.78, 5) is 3.96. The molecule has 1 N–H and O–H groups in total. The molecular weight excluding hydrogens is 230 g/mol. The number of rotatable bonds is 4. The second-order valence-electron chi connectivity index (χ2n) is 3.34. The van der Waals surface area contributed by atoms with Crippen molar-refractivity contribution >= 4 is 0 Å². The Kier molecular flexibility index (Phi) is 3.34. The van der Waals surface area contributed by atoms with Crippen LogP contribution >= 0.6 is 0 Å². The summed E-state index contributed by atoms with van der Waals surface area (Å²) in [6.07, 6.45) is 1.35. The van der Waals surface area contributed by atoms with Gasteiger partial charge in [0.05, 0.1) is 5.69 Å². The van der Waals surface area contributed by atoms with Gasteiger partial charge >= 0.3 is 6.08 Å². The number of hydrogen-bond acceptors (Lipinski definition) is 4. The predicted molar refractivity (Wildman–Crippen MR) is 55.7 cm³/mol. The highest BCUT2D eigenvalue weighted by Gasteiger charge is 2.08. The van der Waals surface area contributed by atoms with Crippen LogP contribution < -0.4 is 10.1 Å². The van der Waals surface area contributed by atoms with E-state index in [2.05, 4.69) is 10.3 Å². The lowest BCUT2D eigenvalue weighted by Crippen LogP contribution is -2.04. The van der Waals surface area contributed by atoms with Crippen LogP contribution in [0.4, 0.5) is 8.78 Å². The molecular formula is C11H10F2N2O2. The van der Waals surface area contributed by atoms with Gasteiger partial charge in [-0.1, -0.05) is 0 Å². The molecule has 4 nitrogen and oxygen atoms in total. The Bertz CT molecular complexity index is 494. The highest BCUT2D eigenvalue weighted by Crippen LogP contribution is 2.22. The first kappa shape index (κ1) is 11.5. The minimum Gasteiger partial charge on any atom is -0.417 e. The molecule has 0 saturated carbocycles. The first-order valence-corrected chi connectivity index (χ1v) is 4.90. The van der Waals surface area contributed by atoms with Crippen LogP contribution in [0.1, 0.15) is 5.69 Å². The normalized spacial score (nSPS) is 10.5. The number of ether oxygens (including phenoxy) is 1. The van der Waals surface area contributed by atoms with Gasteiger partial charge in [0.15, 0.2) is 0 Å². The second kappa shape index (κ2) is 4.92. The van der Waals surface area contributed by atoms with Crippen LogP contribution in [0.5, 0.6) is 11.8 Å². The molecule has 6 heteroatoms. The third-order valence-corrected chi connectivity index (χ3v) is 1.93. The molecule has 90 valence electrons. The fourth-order valence-corrected chi connectivity index (χ4v) is 1.29. The molecule has 0 unspecified atom stereocenters. The number of nitrogens with zero attached hydrogens (tertiary/aromatic N) is 1. The molecule has 0 fully saturated rings. The van der Waals surface area contributed by atoms with Crippen molar-refractivity contribution in [3.8, 4) is 11.8 Å². The zero-order valence-corrected chi connectivity index (χ0v) is 9.04. The summed E-state index contributed by atoms with van der Waals surface area (Å²) in [6.45, 7) is 0.518. The van der Waals surface area contributed by atoms with Crippen molar-refractivity contribution in [2.24, 2.45) is 0 Å². The van der Waals surface area contributed by atoms with Gasteiger partial charge < -0.3 is 14.5 Å². The zero-order valence-electron chi connectivity index (χ0n) is 9.04. The molecule has 1 aromatic carbocycles. The average molecular weight is 240 g/mol. The Hall–Kier alpha value is -1.95. The molecule has 0 atom stereocenters. The van der Waals surface area contributed by atoms with E-state index in [-0.39, 0.29) is 11.8 Å².